The van der Waals surface area contributed by atoms with Gasteiger partial charge in [-0.05, 0) is 78.1 Å². The Hall–Kier alpha value is -4.33. The van der Waals surface area contributed by atoms with Crippen LogP contribution in [0.1, 0.15) is 38.2 Å². The van der Waals surface area contributed by atoms with Crippen molar-refractivity contribution >= 4 is 34.5 Å². The number of amides is 1. The molecule has 2 aliphatic rings. The highest BCUT2D eigenvalue weighted by molar-refractivity contribution is 5.96. The maximum atomic E-state index is 15.7. The summed E-state index contributed by atoms with van der Waals surface area (Å²) in [6.45, 7) is -1.32. The van der Waals surface area contributed by atoms with Gasteiger partial charge in [0.15, 0.2) is 0 Å². The normalized spacial score (nSPS) is 21.1. The Labute approximate surface area is 233 Å². The molecule has 2 aromatic heterocycles. The van der Waals surface area contributed by atoms with Gasteiger partial charge in [-0.25, -0.2) is 9.18 Å². The maximum absolute atomic E-state index is 15.7. The van der Waals surface area contributed by atoms with Gasteiger partial charge in [0.2, 0.25) is 5.91 Å². The van der Waals surface area contributed by atoms with Gasteiger partial charge in [-0.15, -0.1) is 0 Å². The summed E-state index contributed by atoms with van der Waals surface area (Å²) in [6.07, 6.45) is 11.6. The van der Waals surface area contributed by atoms with Gasteiger partial charge in [-0.3, -0.25) is 14.5 Å². The summed E-state index contributed by atoms with van der Waals surface area (Å²) in [7, 11) is 3.16. The van der Waals surface area contributed by atoms with Crippen molar-refractivity contribution in [1.82, 2.24) is 14.8 Å². The van der Waals surface area contributed by atoms with E-state index >= 15 is 4.39 Å². The smallest absolute Gasteiger partial charge is 0.330 e. The number of anilines is 1. The molecule has 0 spiro atoms. The molecule has 2 bridgehead atoms. The Bertz CT molecular complexity index is 1670. The fourth-order valence-electron chi connectivity index (χ4n) is 6.19. The van der Waals surface area contributed by atoms with Crippen LogP contribution in [0.25, 0.3) is 28.1 Å². The Morgan fingerprint density at radius 2 is 1.95 bits per heavy atom. The van der Waals surface area contributed by atoms with E-state index in [0.29, 0.717) is 22.7 Å². The second-order valence-electron chi connectivity index (χ2n) is 10.7. The van der Waals surface area contributed by atoms with E-state index in [-0.39, 0.29) is 23.3 Å². The van der Waals surface area contributed by atoms with E-state index in [1.54, 1.807) is 35.3 Å². The van der Waals surface area contributed by atoms with E-state index in [1.165, 1.54) is 36.4 Å². The van der Waals surface area contributed by atoms with E-state index in [0.717, 1.165) is 42.1 Å². The number of methoxy groups -OCH3 is 1. The average molecular weight is 540 g/mol. The first-order valence-electron chi connectivity index (χ1n) is 14.1. The molecule has 8 heteroatoms. The molecule has 0 radical (unpaired) electrons. The van der Waals surface area contributed by atoms with Crippen LogP contribution in [0.3, 0.4) is 0 Å². The molecule has 6 rings (SSSR count). The number of benzene rings is 2. The molecule has 2 aliphatic carbocycles. The number of aryl methyl sites for hydroxylation is 1. The van der Waals surface area contributed by atoms with Crippen LogP contribution in [0.4, 0.5) is 10.1 Å². The summed E-state index contributed by atoms with van der Waals surface area (Å²) in [6, 6.07) is 12.3. The number of carbonyl (C=O) groups excluding carboxylic acids is 2. The van der Waals surface area contributed by atoms with E-state index in [1.807, 2.05) is 25.2 Å². The van der Waals surface area contributed by atoms with E-state index in [2.05, 4.69) is 14.8 Å². The maximum Gasteiger partial charge on any atom is 0.330 e. The molecular formula is C32H31FN4O3. The largest absolute Gasteiger partial charge is 0.466 e. The number of aromatic nitrogens is 3. The molecule has 0 aliphatic heterocycles. The van der Waals surface area contributed by atoms with Crippen LogP contribution in [-0.2, 0) is 27.9 Å². The number of nitrogens with zero attached hydrogens (tertiary/aromatic N) is 4. The average Bonchev–Trinajstić information content (AvgIpc) is 3.72. The Balaban J connectivity index is 1.35. The molecule has 1 amide bonds. The van der Waals surface area contributed by atoms with E-state index in [4.69, 9.17) is 1.37 Å². The molecule has 4 aromatic rings. The highest BCUT2D eigenvalue weighted by Gasteiger charge is 2.44. The van der Waals surface area contributed by atoms with Gasteiger partial charge in [0.05, 0.1) is 38.6 Å². The summed E-state index contributed by atoms with van der Waals surface area (Å²) in [5, 5.41) is 5.22. The molecule has 2 heterocycles. The number of carbonyl (C=O) groups is 2. The Kier molecular flexibility index (Phi) is 6.59. The topological polar surface area (TPSA) is 77.3 Å². The van der Waals surface area contributed by atoms with Crippen molar-refractivity contribution in [2.45, 2.75) is 32.2 Å². The first-order valence-corrected chi connectivity index (χ1v) is 13.5. The van der Waals surface area contributed by atoms with Crippen LogP contribution in [0.2, 0.25) is 0 Å². The summed E-state index contributed by atoms with van der Waals surface area (Å²) < 4.78 is 31.4. The molecule has 4 atom stereocenters. The highest BCUT2D eigenvalue weighted by Crippen LogP contribution is 2.49. The number of rotatable bonds is 7. The molecule has 2 fully saturated rings. The van der Waals surface area contributed by atoms with Gasteiger partial charge in [-0.2, -0.15) is 5.10 Å². The molecule has 1 unspecified atom stereocenters. The summed E-state index contributed by atoms with van der Waals surface area (Å²) in [5.41, 5.74) is 3.53. The fraction of sp³-hybridized carbons (Fsp3) is 0.312. The third kappa shape index (κ3) is 5.01. The number of fused-ring (bicyclic) bond motifs is 3. The number of ether oxygens (including phenoxy) is 1. The summed E-state index contributed by atoms with van der Waals surface area (Å²) in [4.78, 5) is 31.3. The van der Waals surface area contributed by atoms with Crippen LogP contribution in [0.5, 0.6) is 0 Å². The number of esters is 1. The third-order valence-electron chi connectivity index (χ3n) is 8.28. The number of hydrogen-bond acceptors (Lipinski definition) is 5. The van der Waals surface area contributed by atoms with Gasteiger partial charge in [0, 0.05) is 36.2 Å². The van der Waals surface area contributed by atoms with Crippen molar-refractivity contribution in [3.63, 3.8) is 0 Å². The zero-order valence-electron chi connectivity index (χ0n) is 23.5. The predicted octanol–water partition coefficient (Wildman–Crippen LogP) is 5.93. The van der Waals surface area contributed by atoms with Crippen molar-refractivity contribution in [1.29, 1.82) is 0 Å². The van der Waals surface area contributed by atoms with Crippen LogP contribution >= 0.6 is 0 Å². The predicted molar refractivity (Wildman–Crippen MR) is 152 cm³/mol. The lowest BCUT2D eigenvalue weighted by molar-refractivity contribution is -0.134. The number of pyridine rings is 1. The molecule has 2 aromatic carbocycles. The van der Waals surface area contributed by atoms with Crippen LogP contribution in [-0.4, -0.2) is 33.8 Å². The summed E-state index contributed by atoms with van der Waals surface area (Å²) >= 11 is 0. The second kappa shape index (κ2) is 10.7. The van der Waals surface area contributed by atoms with Crippen LogP contribution in [0.15, 0.2) is 67.1 Å². The molecule has 7 nitrogen and oxygen atoms in total. The highest BCUT2D eigenvalue weighted by atomic mass is 19.1. The van der Waals surface area contributed by atoms with Crippen molar-refractivity contribution in [2.24, 2.45) is 24.8 Å². The molecule has 2 saturated carbocycles. The minimum atomic E-state index is -1.32. The Morgan fingerprint density at radius 1 is 1.12 bits per heavy atom. The van der Waals surface area contributed by atoms with E-state index < -0.39 is 18.3 Å². The van der Waals surface area contributed by atoms with Gasteiger partial charge in [0.25, 0.3) is 0 Å². The first-order chi connectivity index (χ1) is 19.8. The zero-order chi connectivity index (χ0) is 28.7. The van der Waals surface area contributed by atoms with E-state index in [9.17, 15) is 9.59 Å². The molecule has 40 heavy (non-hydrogen) atoms. The molecular weight excluding hydrogens is 507 g/mol. The molecule has 0 saturated heterocycles. The van der Waals surface area contributed by atoms with Crippen molar-refractivity contribution in [2.75, 3.05) is 12.0 Å². The van der Waals surface area contributed by atoms with Crippen LogP contribution < -0.4 is 4.90 Å². The lowest BCUT2D eigenvalue weighted by Crippen LogP contribution is -2.38. The minimum Gasteiger partial charge on any atom is -0.466 e. The number of hydrogen-bond donors (Lipinski definition) is 0. The second-order valence-corrected chi connectivity index (χ2v) is 10.7. The first kappa shape index (κ1) is 24.7. The van der Waals surface area contributed by atoms with Crippen molar-refractivity contribution in [3.8, 4) is 11.1 Å². The minimum absolute atomic E-state index is 0.100. The van der Waals surface area contributed by atoms with Crippen LogP contribution in [0, 0.1) is 23.6 Å². The molecule has 204 valence electrons. The third-order valence-corrected chi connectivity index (χ3v) is 8.28. The molecule has 0 N–H and O–H groups in total. The van der Waals surface area contributed by atoms with Crippen molar-refractivity contribution < 1.29 is 20.1 Å². The van der Waals surface area contributed by atoms with Gasteiger partial charge >= 0.3 is 5.97 Å². The summed E-state index contributed by atoms with van der Waals surface area (Å²) in [5.74, 6) is -0.654. The lowest BCUT2D eigenvalue weighted by Gasteiger charge is -2.30. The fourth-order valence-corrected chi connectivity index (χ4v) is 6.19. The number of halogens is 1. The SMILES string of the molecule is [2H]C(c1ccc(-c2ccc3c(cnn3C)c2)cc1F)N(C(=O)[C@@H]1C[C@@H]2CC[C@H]1C2)c1cncc(/C=C/C(=O)OC)c1. The van der Waals surface area contributed by atoms with Gasteiger partial charge < -0.3 is 9.64 Å². The van der Waals surface area contributed by atoms with Crippen molar-refractivity contribution in [3.05, 3.63) is 84.1 Å². The lowest BCUT2D eigenvalue weighted by atomic mass is 9.87. The quantitative estimate of drug-likeness (QED) is 0.215. The Morgan fingerprint density at radius 3 is 2.70 bits per heavy atom. The standard InChI is InChI=1S/C32H31FN4O3/c1-36-30-9-8-22(14-26(30)17-35-36)23-6-7-25(29(33)15-23)19-37(32(39)28-13-20-3-5-24(28)11-20)27-12-21(16-34-18-27)4-10-31(38)40-2/h4,6-10,12,14-18,20,24,28H,3,5,11,13,19H2,1-2H3/b10-4+/t20-,24+,28-/m1/s1/i19D/t19?,20-,24+,28-. The van der Waals surface area contributed by atoms with Gasteiger partial charge in [0.1, 0.15) is 5.82 Å². The van der Waals surface area contributed by atoms with Gasteiger partial charge in [-0.1, -0.05) is 24.6 Å². The monoisotopic (exact) mass is 539 g/mol. The zero-order valence-corrected chi connectivity index (χ0v) is 22.5.